The highest BCUT2D eigenvalue weighted by molar-refractivity contribution is 6.00. The molecule has 0 saturated carbocycles. The molecule has 0 aliphatic rings. The van der Waals surface area contributed by atoms with E-state index in [1.807, 2.05) is 18.2 Å². The number of nitrogens with one attached hydrogen (secondary N) is 2. The fourth-order valence-electron chi connectivity index (χ4n) is 2.25. The van der Waals surface area contributed by atoms with Crippen molar-refractivity contribution in [3.8, 4) is 11.5 Å². The van der Waals surface area contributed by atoms with Crippen LogP contribution in [-0.2, 0) is 0 Å². The highest BCUT2D eigenvalue weighted by Gasteiger charge is 2.11. The van der Waals surface area contributed by atoms with Crippen molar-refractivity contribution in [2.45, 2.75) is 0 Å². The molecule has 0 bridgehead atoms. The second-order valence-electron chi connectivity index (χ2n) is 4.86. The number of carbonyl (C=O) groups is 1. The van der Waals surface area contributed by atoms with Gasteiger partial charge in [-0.2, -0.15) is 5.10 Å². The summed E-state index contributed by atoms with van der Waals surface area (Å²) < 4.78 is 5.26. The molecule has 2 aromatic carbocycles. The Bertz CT molecular complexity index is 884. The number of hydrazone groups is 1. The summed E-state index contributed by atoms with van der Waals surface area (Å²) in [4.78, 5) is 15.1. The molecule has 6 heteroatoms. The average Bonchev–Trinajstić information content (AvgIpc) is 3.00. The van der Waals surface area contributed by atoms with Crippen LogP contribution in [0, 0.1) is 0 Å². The first-order valence-electron chi connectivity index (χ1n) is 6.96. The fraction of sp³-hybridized carbons (Fsp3) is 0.0588. The SMILES string of the molecule is COc1cccc2[nH]c(C(=O)NN=Cc3ccccc3O)cc12. The van der Waals surface area contributed by atoms with Crippen LogP contribution >= 0.6 is 0 Å². The molecule has 0 saturated heterocycles. The Labute approximate surface area is 132 Å². The quantitative estimate of drug-likeness (QED) is 0.511. The predicted molar refractivity (Wildman–Crippen MR) is 88.0 cm³/mol. The second kappa shape index (κ2) is 6.23. The van der Waals surface area contributed by atoms with Gasteiger partial charge in [0.25, 0.3) is 5.91 Å². The molecule has 0 fully saturated rings. The summed E-state index contributed by atoms with van der Waals surface area (Å²) in [6.45, 7) is 0. The molecule has 0 spiro atoms. The summed E-state index contributed by atoms with van der Waals surface area (Å²) in [7, 11) is 1.58. The first kappa shape index (κ1) is 14.6. The van der Waals surface area contributed by atoms with Gasteiger partial charge in [-0.25, -0.2) is 5.43 Å². The van der Waals surface area contributed by atoms with Crippen molar-refractivity contribution < 1.29 is 14.6 Å². The molecular weight excluding hydrogens is 294 g/mol. The van der Waals surface area contributed by atoms with Gasteiger partial charge in [0.1, 0.15) is 17.2 Å². The number of H-pyrrole nitrogens is 1. The third-order valence-corrected chi connectivity index (χ3v) is 3.40. The van der Waals surface area contributed by atoms with Crippen molar-refractivity contribution in [2.24, 2.45) is 5.10 Å². The molecule has 116 valence electrons. The van der Waals surface area contributed by atoms with Crippen molar-refractivity contribution in [2.75, 3.05) is 7.11 Å². The van der Waals surface area contributed by atoms with E-state index in [0.29, 0.717) is 17.0 Å². The molecule has 1 heterocycles. The van der Waals surface area contributed by atoms with Gasteiger partial charge in [0.05, 0.1) is 13.3 Å². The Hall–Kier alpha value is -3.28. The average molecular weight is 309 g/mol. The minimum absolute atomic E-state index is 0.0980. The largest absolute Gasteiger partial charge is 0.507 e. The van der Waals surface area contributed by atoms with E-state index in [4.69, 9.17) is 4.74 Å². The third-order valence-electron chi connectivity index (χ3n) is 3.40. The Morgan fingerprint density at radius 1 is 1.26 bits per heavy atom. The zero-order valence-corrected chi connectivity index (χ0v) is 12.4. The van der Waals surface area contributed by atoms with Crippen molar-refractivity contribution in [1.82, 2.24) is 10.4 Å². The molecule has 0 aliphatic heterocycles. The van der Waals surface area contributed by atoms with Crippen LogP contribution in [0.15, 0.2) is 53.6 Å². The first-order valence-corrected chi connectivity index (χ1v) is 6.96. The Morgan fingerprint density at radius 2 is 2.09 bits per heavy atom. The molecule has 23 heavy (non-hydrogen) atoms. The van der Waals surface area contributed by atoms with Crippen LogP contribution < -0.4 is 10.2 Å². The number of aromatic nitrogens is 1. The number of aromatic hydroxyl groups is 1. The van der Waals surface area contributed by atoms with Crippen molar-refractivity contribution >= 4 is 23.0 Å². The van der Waals surface area contributed by atoms with Crippen molar-refractivity contribution in [3.63, 3.8) is 0 Å². The number of aromatic amines is 1. The number of phenols is 1. The summed E-state index contributed by atoms with van der Waals surface area (Å²) >= 11 is 0. The Morgan fingerprint density at radius 3 is 2.87 bits per heavy atom. The van der Waals surface area contributed by atoms with Crippen LogP contribution in [0.3, 0.4) is 0 Å². The van der Waals surface area contributed by atoms with Gasteiger partial charge in [0.2, 0.25) is 0 Å². The standard InChI is InChI=1S/C17H15N3O3/c1-23-16-8-4-6-13-12(16)9-14(19-13)17(22)20-18-10-11-5-2-3-7-15(11)21/h2-10,19,21H,1H3,(H,20,22). The van der Waals surface area contributed by atoms with Crippen LogP contribution in [-0.4, -0.2) is 29.3 Å². The molecule has 1 aromatic heterocycles. The van der Waals surface area contributed by atoms with E-state index in [9.17, 15) is 9.90 Å². The zero-order valence-electron chi connectivity index (χ0n) is 12.4. The van der Waals surface area contributed by atoms with E-state index in [0.717, 1.165) is 10.9 Å². The summed E-state index contributed by atoms with van der Waals surface area (Å²) in [6.07, 6.45) is 1.39. The number of carbonyl (C=O) groups excluding carboxylic acids is 1. The van der Waals surface area contributed by atoms with Gasteiger partial charge in [-0.3, -0.25) is 4.79 Å². The fourth-order valence-corrected chi connectivity index (χ4v) is 2.25. The molecule has 0 aliphatic carbocycles. The maximum atomic E-state index is 12.1. The predicted octanol–water partition coefficient (Wildman–Crippen LogP) is 2.65. The van der Waals surface area contributed by atoms with E-state index in [-0.39, 0.29) is 11.7 Å². The van der Waals surface area contributed by atoms with Gasteiger partial charge in [-0.05, 0) is 30.3 Å². The number of ether oxygens (including phenoxy) is 1. The van der Waals surface area contributed by atoms with Gasteiger partial charge in [0.15, 0.2) is 0 Å². The first-order chi connectivity index (χ1) is 11.2. The lowest BCUT2D eigenvalue weighted by Gasteiger charge is -1.99. The Kier molecular flexibility index (Phi) is 3.97. The Balaban J connectivity index is 1.77. The number of phenolic OH excluding ortho intramolecular Hbond substituents is 1. The minimum atomic E-state index is -0.380. The number of hydrogen-bond donors (Lipinski definition) is 3. The highest BCUT2D eigenvalue weighted by Crippen LogP contribution is 2.25. The lowest BCUT2D eigenvalue weighted by molar-refractivity contribution is 0.0951. The van der Waals surface area contributed by atoms with Crippen LogP contribution in [0.25, 0.3) is 10.9 Å². The highest BCUT2D eigenvalue weighted by atomic mass is 16.5. The number of fused-ring (bicyclic) bond motifs is 1. The summed E-state index contributed by atoms with van der Waals surface area (Å²) in [5.41, 5.74) is 4.12. The summed E-state index contributed by atoms with van der Waals surface area (Å²) in [5.74, 6) is 0.409. The van der Waals surface area contributed by atoms with E-state index < -0.39 is 0 Å². The van der Waals surface area contributed by atoms with Gasteiger partial charge in [0, 0.05) is 16.5 Å². The number of methoxy groups -OCH3 is 1. The van der Waals surface area contributed by atoms with Gasteiger partial charge < -0.3 is 14.8 Å². The third kappa shape index (κ3) is 3.01. The van der Waals surface area contributed by atoms with E-state index >= 15 is 0 Å². The summed E-state index contributed by atoms with van der Waals surface area (Å²) in [6, 6.07) is 14.0. The molecule has 3 aromatic rings. The van der Waals surface area contributed by atoms with Crippen molar-refractivity contribution in [1.29, 1.82) is 0 Å². The van der Waals surface area contributed by atoms with Crippen LogP contribution in [0.5, 0.6) is 11.5 Å². The van der Waals surface area contributed by atoms with Gasteiger partial charge in [-0.1, -0.05) is 18.2 Å². The maximum absolute atomic E-state index is 12.1. The normalized spacial score (nSPS) is 11.0. The molecule has 3 N–H and O–H groups in total. The van der Waals surface area contributed by atoms with Gasteiger partial charge >= 0.3 is 0 Å². The van der Waals surface area contributed by atoms with Crippen LogP contribution in [0.4, 0.5) is 0 Å². The number of benzene rings is 2. The molecule has 0 unspecified atom stereocenters. The number of hydrogen-bond acceptors (Lipinski definition) is 4. The van der Waals surface area contributed by atoms with Crippen LogP contribution in [0.2, 0.25) is 0 Å². The van der Waals surface area contributed by atoms with E-state index in [2.05, 4.69) is 15.5 Å². The van der Waals surface area contributed by atoms with Gasteiger partial charge in [-0.15, -0.1) is 0 Å². The lowest BCUT2D eigenvalue weighted by atomic mass is 10.2. The minimum Gasteiger partial charge on any atom is -0.507 e. The van der Waals surface area contributed by atoms with E-state index in [1.165, 1.54) is 6.21 Å². The molecular formula is C17H15N3O3. The number of para-hydroxylation sites is 1. The number of amides is 1. The molecule has 1 amide bonds. The molecule has 6 nitrogen and oxygen atoms in total. The molecule has 0 radical (unpaired) electrons. The van der Waals surface area contributed by atoms with E-state index in [1.54, 1.807) is 37.4 Å². The second-order valence-corrected chi connectivity index (χ2v) is 4.86. The smallest absolute Gasteiger partial charge is 0.287 e. The van der Waals surface area contributed by atoms with Crippen LogP contribution in [0.1, 0.15) is 16.1 Å². The number of nitrogens with zero attached hydrogens (tertiary/aromatic N) is 1. The topological polar surface area (TPSA) is 86.7 Å². The maximum Gasteiger partial charge on any atom is 0.287 e. The lowest BCUT2D eigenvalue weighted by Crippen LogP contribution is -2.17. The molecule has 3 rings (SSSR count). The summed E-state index contributed by atoms with van der Waals surface area (Å²) in [5, 5.41) is 14.3. The van der Waals surface area contributed by atoms with Crippen molar-refractivity contribution in [3.05, 3.63) is 59.8 Å². The molecule has 0 atom stereocenters. The number of rotatable bonds is 4. The monoisotopic (exact) mass is 309 g/mol. The zero-order chi connectivity index (χ0) is 16.2.